The van der Waals surface area contributed by atoms with Gasteiger partial charge in [-0.05, 0) is 25.7 Å². The molecule has 0 unspecified atom stereocenters. The number of carbonyl (C=O) groups excluding carboxylic acids is 1. The second-order valence-corrected chi connectivity index (χ2v) is 9.11. The summed E-state index contributed by atoms with van der Waals surface area (Å²) in [5.74, 6) is -0.000767. The molecule has 0 radical (unpaired) electrons. The lowest BCUT2D eigenvalue weighted by molar-refractivity contribution is -0.122. The van der Waals surface area contributed by atoms with Crippen molar-refractivity contribution >= 4 is 15.9 Å². The normalized spacial score (nSPS) is 22.0. The van der Waals surface area contributed by atoms with Crippen LogP contribution in [0.5, 0.6) is 0 Å². The number of rotatable bonds is 6. The Morgan fingerprint density at radius 2 is 1.48 bits per heavy atom. The van der Waals surface area contributed by atoms with Crippen molar-refractivity contribution in [1.82, 2.24) is 9.62 Å². The minimum Gasteiger partial charge on any atom is -0.353 e. The van der Waals surface area contributed by atoms with Crippen LogP contribution in [0.25, 0.3) is 0 Å². The maximum absolute atomic E-state index is 12.2. The lowest BCUT2D eigenvalue weighted by Gasteiger charge is -2.29. The second kappa shape index (κ2) is 9.02. The maximum atomic E-state index is 12.2. The largest absolute Gasteiger partial charge is 0.353 e. The van der Waals surface area contributed by atoms with Gasteiger partial charge in [0.15, 0.2) is 0 Å². The Balaban J connectivity index is 1.86. The predicted molar refractivity (Wildman–Crippen MR) is 92.7 cm³/mol. The zero-order valence-electron chi connectivity index (χ0n) is 14.4. The molecule has 2 aliphatic carbocycles. The SMILES string of the molecule is CS(=O)(=O)N(CCC(=O)NC1CCCCC1)C1CCCCCC1. The Labute approximate surface area is 141 Å². The van der Waals surface area contributed by atoms with Crippen LogP contribution < -0.4 is 5.32 Å². The third-order valence-electron chi connectivity index (χ3n) is 5.19. The minimum absolute atomic E-state index is 0.000767. The summed E-state index contributed by atoms with van der Waals surface area (Å²) in [6, 6.07) is 0.371. The summed E-state index contributed by atoms with van der Waals surface area (Å²) in [6.07, 6.45) is 13.7. The van der Waals surface area contributed by atoms with Gasteiger partial charge in [0.05, 0.1) is 6.26 Å². The summed E-state index contributed by atoms with van der Waals surface area (Å²) >= 11 is 0. The van der Waals surface area contributed by atoms with Crippen LogP contribution in [-0.4, -0.2) is 43.5 Å². The van der Waals surface area contributed by atoms with E-state index < -0.39 is 10.0 Å². The van der Waals surface area contributed by atoms with Crippen LogP contribution in [0, 0.1) is 0 Å². The Morgan fingerprint density at radius 1 is 0.957 bits per heavy atom. The molecule has 0 aromatic rings. The molecule has 5 nitrogen and oxygen atoms in total. The number of hydrogen-bond acceptors (Lipinski definition) is 3. The van der Waals surface area contributed by atoms with Crippen LogP contribution in [0.2, 0.25) is 0 Å². The molecule has 23 heavy (non-hydrogen) atoms. The van der Waals surface area contributed by atoms with E-state index in [4.69, 9.17) is 0 Å². The van der Waals surface area contributed by atoms with Crippen molar-refractivity contribution in [3.63, 3.8) is 0 Å². The van der Waals surface area contributed by atoms with Gasteiger partial charge in [-0.25, -0.2) is 8.42 Å². The maximum Gasteiger partial charge on any atom is 0.221 e. The van der Waals surface area contributed by atoms with Gasteiger partial charge in [-0.3, -0.25) is 4.79 Å². The molecule has 2 rings (SSSR count). The van der Waals surface area contributed by atoms with Gasteiger partial charge in [0, 0.05) is 25.0 Å². The summed E-state index contributed by atoms with van der Waals surface area (Å²) in [5.41, 5.74) is 0. The van der Waals surface area contributed by atoms with Crippen molar-refractivity contribution in [2.75, 3.05) is 12.8 Å². The number of carbonyl (C=O) groups is 1. The van der Waals surface area contributed by atoms with Crippen molar-refractivity contribution < 1.29 is 13.2 Å². The highest BCUT2D eigenvalue weighted by atomic mass is 32.2. The Kier molecular flexibility index (Phi) is 7.34. The van der Waals surface area contributed by atoms with Crippen LogP contribution in [0.1, 0.15) is 77.0 Å². The van der Waals surface area contributed by atoms with Crippen molar-refractivity contribution in [2.24, 2.45) is 0 Å². The van der Waals surface area contributed by atoms with E-state index in [2.05, 4.69) is 5.32 Å². The van der Waals surface area contributed by atoms with Crippen molar-refractivity contribution in [2.45, 2.75) is 89.1 Å². The fraction of sp³-hybridized carbons (Fsp3) is 0.941. The molecule has 0 aromatic heterocycles. The first-order valence-electron chi connectivity index (χ1n) is 9.23. The molecule has 0 saturated heterocycles. The van der Waals surface area contributed by atoms with Crippen molar-refractivity contribution in [3.8, 4) is 0 Å². The smallest absolute Gasteiger partial charge is 0.221 e. The standard InChI is InChI=1S/C17H32N2O3S/c1-23(21,22)19(16-11-7-2-3-8-12-16)14-13-17(20)18-15-9-5-4-6-10-15/h15-16H,2-14H2,1H3,(H,18,20). The van der Waals surface area contributed by atoms with Gasteiger partial charge in [-0.1, -0.05) is 44.9 Å². The molecular formula is C17H32N2O3S. The number of sulfonamides is 1. The van der Waals surface area contributed by atoms with E-state index in [0.717, 1.165) is 38.5 Å². The van der Waals surface area contributed by atoms with Crippen LogP contribution >= 0.6 is 0 Å². The average molecular weight is 345 g/mol. The fourth-order valence-electron chi connectivity index (χ4n) is 3.92. The number of nitrogens with zero attached hydrogens (tertiary/aromatic N) is 1. The highest BCUT2D eigenvalue weighted by Gasteiger charge is 2.28. The molecule has 2 fully saturated rings. The summed E-state index contributed by atoms with van der Waals surface area (Å²) in [7, 11) is -3.26. The van der Waals surface area contributed by atoms with E-state index in [9.17, 15) is 13.2 Å². The van der Waals surface area contributed by atoms with Gasteiger partial charge in [0.2, 0.25) is 15.9 Å². The molecule has 0 aliphatic heterocycles. The fourth-order valence-corrected chi connectivity index (χ4v) is 5.10. The molecule has 2 saturated carbocycles. The summed E-state index contributed by atoms with van der Waals surface area (Å²) in [5, 5.41) is 3.08. The molecule has 1 amide bonds. The zero-order chi connectivity index (χ0) is 16.7. The molecule has 0 aromatic carbocycles. The topological polar surface area (TPSA) is 66.5 Å². The Morgan fingerprint density at radius 3 is 2.04 bits per heavy atom. The van der Waals surface area contributed by atoms with Crippen molar-refractivity contribution in [1.29, 1.82) is 0 Å². The van der Waals surface area contributed by atoms with Gasteiger partial charge in [0.1, 0.15) is 0 Å². The molecule has 0 spiro atoms. The van der Waals surface area contributed by atoms with Crippen molar-refractivity contribution in [3.05, 3.63) is 0 Å². The lowest BCUT2D eigenvalue weighted by atomic mass is 9.95. The van der Waals surface area contributed by atoms with Gasteiger partial charge in [0.25, 0.3) is 0 Å². The first kappa shape index (κ1) is 18.7. The summed E-state index contributed by atoms with van der Waals surface area (Å²) < 4.78 is 25.9. The molecule has 6 heteroatoms. The molecule has 1 N–H and O–H groups in total. The van der Waals surface area contributed by atoms with Gasteiger partial charge >= 0.3 is 0 Å². The first-order chi connectivity index (χ1) is 11.0. The number of hydrogen-bond donors (Lipinski definition) is 1. The highest BCUT2D eigenvalue weighted by molar-refractivity contribution is 7.88. The highest BCUT2D eigenvalue weighted by Crippen LogP contribution is 2.24. The molecule has 2 aliphatic rings. The van der Waals surface area contributed by atoms with Crippen LogP contribution in [0.15, 0.2) is 0 Å². The van der Waals surface area contributed by atoms with Crippen LogP contribution in [-0.2, 0) is 14.8 Å². The summed E-state index contributed by atoms with van der Waals surface area (Å²) in [6.45, 7) is 0.321. The van der Waals surface area contributed by atoms with Gasteiger partial charge < -0.3 is 5.32 Å². The van der Waals surface area contributed by atoms with E-state index in [1.807, 2.05) is 0 Å². The zero-order valence-corrected chi connectivity index (χ0v) is 15.2. The van der Waals surface area contributed by atoms with E-state index in [-0.39, 0.29) is 18.4 Å². The molecule has 0 heterocycles. The summed E-state index contributed by atoms with van der Waals surface area (Å²) in [4.78, 5) is 12.2. The van der Waals surface area contributed by atoms with Gasteiger partial charge in [-0.2, -0.15) is 4.31 Å². The lowest BCUT2D eigenvalue weighted by Crippen LogP contribution is -2.43. The number of amides is 1. The second-order valence-electron chi connectivity index (χ2n) is 7.17. The third-order valence-corrected chi connectivity index (χ3v) is 6.52. The average Bonchev–Trinajstić information content (AvgIpc) is 2.76. The van der Waals surface area contributed by atoms with E-state index in [1.54, 1.807) is 4.31 Å². The minimum atomic E-state index is -3.26. The first-order valence-corrected chi connectivity index (χ1v) is 11.1. The molecular weight excluding hydrogens is 312 g/mol. The molecule has 0 atom stereocenters. The van der Waals surface area contributed by atoms with Gasteiger partial charge in [-0.15, -0.1) is 0 Å². The third kappa shape index (κ3) is 6.42. The van der Waals surface area contributed by atoms with E-state index in [1.165, 1.54) is 38.4 Å². The Hall–Kier alpha value is -0.620. The van der Waals surface area contributed by atoms with E-state index >= 15 is 0 Å². The predicted octanol–water partition coefficient (Wildman–Crippen LogP) is 2.81. The van der Waals surface area contributed by atoms with Crippen LogP contribution in [0.4, 0.5) is 0 Å². The number of nitrogens with one attached hydrogen (secondary N) is 1. The molecule has 134 valence electrons. The molecule has 0 bridgehead atoms. The van der Waals surface area contributed by atoms with E-state index in [0.29, 0.717) is 12.6 Å². The van der Waals surface area contributed by atoms with Crippen LogP contribution in [0.3, 0.4) is 0 Å². The monoisotopic (exact) mass is 344 g/mol. The Bertz CT molecular complexity index is 464. The quantitative estimate of drug-likeness (QED) is 0.754.